The van der Waals surface area contributed by atoms with Gasteiger partial charge in [0.25, 0.3) is 0 Å². The van der Waals surface area contributed by atoms with Crippen molar-refractivity contribution in [1.29, 1.82) is 0 Å². The molecule has 1 aromatic heterocycles. The topological polar surface area (TPSA) is 83.4 Å². The van der Waals surface area contributed by atoms with Crippen molar-refractivity contribution in [2.75, 3.05) is 20.8 Å². The maximum atomic E-state index is 5.74. The number of aromatic nitrogens is 2. The predicted octanol–water partition coefficient (Wildman–Crippen LogP) is 0.597. The van der Waals surface area contributed by atoms with E-state index in [2.05, 4.69) is 10.1 Å². The van der Waals surface area contributed by atoms with E-state index in [0.717, 1.165) is 0 Å². The summed E-state index contributed by atoms with van der Waals surface area (Å²) in [6.07, 6.45) is 0. The lowest BCUT2D eigenvalue weighted by Gasteiger charge is -2.17. The van der Waals surface area contributed by atoms with Gasteiger partial charge < -0.3 is 19.7 Å². The predicted molar refractivity (Wildman–Crippen MR) is 53.1 cm³/mol. The van der Waals surface area contributed by atoms with Crippen LogP contribution in [0.1, 0.15) is 31.6 Å². The van der Waals surface area contributed by atoms with E-state index in [0.29, 0.717) is 18.3 Å². The summed E-state index contributed by atoms with van der Waals surface area (Å²) in [5.41, 5.74) is 5.17. The molecule has 6 heteroatoms. The first-order chi connectivity index (χ1) is 7.01. The third-order valence-electron chi connectivity index (χ3n) is 2.15. The van der Waals surface area contributed by atoms with Crippen molar-refractivity contribution in [3.63, 3.8) is 0 Å². The molecule has 1 rings (SSSR count). The maximum absolute atomic E-state index is 5.74. The normalized spacial score (nSPS) is 14.2. The Bertz CT molecular complexity index is 311. The molecule has 0 aliphatic carbocycles. The number of hydrogen-bond acceptors (Lipinski definition) is 6. The van der Waals surface area contributed by atoms with E-state index < -0.39 is 11.6 Å². The van der Waals surface area contributed by atoms with Crippen molar-refractivity contribution in [2.24, 2.45) is 5.73 Å². The summed E-state index contributed by atoms with van der Waals surface area (Å²) >= 11 is 0. The smallest absolute Gasteiger partial charge is 0.246 e. The Labute approximate surface area is 88.7 Å². The zero-order valence-electron chi connectivity index (χ0n) is 9.48. The highest BCUT2D eigenvalue weighted by atomic mass is 16.5. The van der Waals surface area contributed by atoms with Crippen LogP contribution in [0.2, 0.25) is 0 Å². The Kier molecular flexibility index (Phi) is 3.78. The quantitative estimate of drug-likeness (QED) is 0.774. The maximum Gasteiger partial charge on any atom is 0.246 e. The summed E-state index contributed by atoms with van der Waals surface area (Å²) in [7, 11) is 3.15. The van der Waals surface area contributed by atoms with Crippen LogP contribution in [0.4, 0.5) is 0 Å². The van der Waals surface area contributed by atoms with Crippen molar-refractivity contribution in [3.05, 3.63) is 11.7 Å². The average Bonchev–Trinajstić information content (AvgIpc) is 2.67. The van der Waals surface area contributed by atoms with E-state index >= 15 is 0 Å². The number of nitrogens with two attached hydrogens (primary N) is 1. The number of rotatable bonds is 5. The van der Waals surface area contributed by atoms with E-state index in [1.807, 2.05) is 13.8 Å². The number of ether oxygens (including phenoxy) is 2. The minimum absolute atomic E-state index is 0.342. The first-order valence-corrected chi connectivity index (χ1v) is 4.65. The highest BCUT2D eigenvalue weighted by Gasteiger charge is 2.27. The van der Waals surface area contributed by atoms with Crippen LogP contribution in [-0.2, 0) is 15.1 Å². The molecular weight excluding hydrogens is 198 g/mol. The van der Waals surface area contributed by atoms with Gasteiger partial charge in [0.2, 0.25) is 11.7 Å². The minimum Gasteiger partial charge on any atom is -0.383 e. The summed E-state index contributed by atoms with van der Waals surface area (Å²) < 4.78 is 15.1. The first kappa shape index (κ1) is 12.1. The van der Waals surface area contributed by atoms with Gasteiger partial charge in [0.1, 0.15) is 11.6 Å². The molecule has 0 radical (unpaired) electrons. The van der Waals surface area contributed by atoms with Gasteiger partial charge in [0.15, 0.2) is 0 Å². The second-order valence-electron chi connectivity index (χ2n) is 3.73. The second kappa shape index (κ2) is 4.69. The molecule has 1 atom stereocenters. The van der Waals surface area contributed by atoms with Crippen LogP contribution < -0.4 is 5.73 Å². The fourth-order valence-corrected chi connectivity index (χ4v) is 0.972. The highest BCUT2D eigenvalue weighted by molar-refractivity contribution is 4.99. The highest BCUT2D eigenvalue weighted by Crippen LogP contribution is 2.21. The molecule has 0 bridgehead atoms. The zero-order chi connectivity index (χ0) is 11.5. The van der Waals surface area contributed by atoms with E-state index in [9.17, 15) is 0 Å². The van der Waals surface area contributed by atoms with Crippen molar-refractivity contribution >= 4 is 0 Å². The molecule has 0 saturated carbocycles. The standard InChI is InChI=1S/C9H17N3O3/c1-9(2,14-4)8-11-7(15-12-8)6(10)5-13-3/h6H,5,10H2,1-4H3. The number of methoxy groups -OCH3 is 2. The van der Waals surface area contributed by atoms with Crippen LogP contribution in [0, 0.1) is 0 Å². The third-order valence-corrected chi connectivity index (χ3v) is 2.15. The van der Waals surface area contributed by atoms with Crippen LogP contribution in [0.25, 0.3) is 0 Å². The fourth-order valence-electron chi connectivity index (χ4n) is 0.972. The second-order valence-corrected chi connectivity index (χ2v) is 3.73. The van der Waals surface area contributed by atoms with Gasteiger partial charge in [0, 0.05) is 14.2 Å². The molecule has 6 nitrogen and oxygen atoms in total. The molecular formula is C9H17N3O3. The van der Waals surface area contributed by atoms with Gasteiger partial charge in [-0.2, -0.15) is 4.98 Å². The van der Waals surface area contributed by atoms with Crippen LogP contribution in [0.3, 0.4) is 0 Å². The molecule has 1 heterocycles. The van der Waals surface area contributed by atoms with E-state index in [1.165, 1.54) is 0 Å². The van der Waals surface area contributed by atoms with E-state index in [1.54, 1.807) is 14.2 Å². The Balaban J connectivity index is 2.80. The summed E-state index contributed by atoms with van der Waals surface area (Å²) in [5.74, 6) is 0.837. The van der Waals surface area contributed by atoms with Crippen molar-refractivity contribution in [2.45, 2.75) is 25.5 Å². The third kappa shape index (κ3) is 2.74. The molecule has 0 aromatic carbocycles. The van der Waals surface area contributed by atoms with Gasteiger partial charge in [0.05, 0.1) is 6.61 Å². The number of nitrogens with zero attached hydrogens (tertiary/aromatic N) is 2. The van der Waals surface area contributed by atoms with Crippen LogP contribution in [0.15, 0.2) is 4.52 Å². The molecule has 0 spiro atoms. The largest absolute Gasteiger partial charge is 0.383 e. The zero-order valence-corrected chi connectivity index (χ0v) is 9.48. The SMILES string of the molecule is COCC(N)c1nc(C(C)(C)OC)no1. The van der Waals surface area contributed by atoms with Gasteiger partial charge in [-0.1, -0.05) is 5.16 Å². The summed E-state index contributed by atoms with van der Waals surface area (Å²) in [4.78, 5) is 4.16. The Morgan fingerprint density at radius 1 is 1.47 bits per heavy atom. The molecule has 1 unspecified atom stereocenters. The fraction of sp³-hybridized carbons (Fsp3) is 0.778. The molecule has 86 valence electrons. The van der Waals surface area contributed by atoms with Crippen molar-refractivity contribution < 1.29 is 14.0 Å². The van der Waals surface area contributed by atoms with Gasteiger partial charge >= 0.3 is 0 Å². The average molecular weight is 215 g/mol. The van der Waals surface area contributed by atoms with E-state index in [4.69, 9.17) is 19.7 Å². The van der Waals surface area contributed by atoms with Gasteiger partial charge in [-0.05, 0) is 13.8 Å². The Hall–Kier alpha value is -0.980. The molecule has 0 saturated heterocycles. The van der Waals surface area contributed by atoms with Gasteiger partial charge in [-0.25, -0.2) is 0 Å². The van der Waals surface area contributed by atoms with Gasteiger partial charge in [-0.15, -0.1) is 0 Å². The molecule has 15 heavy (non-hydrogen) atoms. The minimum atomic E-state index is -0.575. The Morgan fingerprint density at radius 3 is 2.67 bits per heavy atom. The van der Waals surface area contributed by atoms with Crippen LogP contribution >= 0.6 is 0 Å². The van der Waals surface area contributed by atoms with Gasteiger partial charge in [-0.3, -0.25) is 0 Å². The van der Waals surface area contributed by atoms with Crippen molar-refractivity contribution in [3.8, 4) is 0 Å². The number of hydrogen-bond donors (Lipinski definition) is 1. The molecule has 0 aliphatic heterocycles. The van der Waals surface area contributed by atoms with Crippen molar-refractivity contribution in [1.82, 2.24) is 10.1 Å². The molecule has 0 aliphatic rings. The van der Waals surface area contributed by atoms with E-state index in [-0.39, 0.29) is 0 Å². The molecule has 0 fully saturated rings. The molecule has 2 N–H and O–H groups in total. The molecule has 1 aromatic rings. The lowest BCUT2D eigenvalue weighted by atomic mass is 10.1. The monoisotopic (exact) mass is 215 g/mol. The van der Waals surface area contributed by atoms with Crippen LogP contribution in [-0.4, -0.2) is 31.0 Å². The molecule has 0 amide bonds. The summed E-state index contributed by atoms with van der Waals surface area (Å²) in [6, 6.07) is -0.399. The first-order valence-electron chi connectivity index (χ1n) is 4.65. The lowest BCUT2D eigenvalue weighted by Crippen LogP contribution is -2.22. The summed E-state index contributed by atoms with van der Waals surface area (Å²) in [6.45, 7) is 4.04. The summed E-state index contributed by atoms with van der Waals surface area (Å²) in [5, 5.41) is 3.82. The lowest BCUT2D eigenvalue weighted by molar-refractivity contribution is 0.00973. The van der Waals surface area contributed by atoms with Crippen LogP contribution in [0.5, 0.6) is 0 Å². The Morgan fingerprint density at radius 2 is 2.13 bits per heavy atom.